The van der Waals surface area contributed by atoms with Crippen LogP contribution in [0.3, 0.4) is 0 Å². The highest BCUT2D eigenvalue weighted by Crippen LogP contribution is 2.29. The van der Waals surface area contributed by atoms with Gasteiger partial charge in [0.05, 0.1) is 5.75 Å². The van der Waals surface area contributed by atoms with Crippen LogP contribution in [-0.4, -0.2) is 35.3 Å². The molecular formula is C25H19NO5S. The molecule has 0 bridgehead atoms. The van der Waals surface area contributed by atoms with Gasteiger partial charge in [-0.1, -0.05) is 42.5 Å². The molecule has 0 radical (unpaired) electrons. The zero-order valence-electron chi connectivity index (χ0n) is 17.2. The van der Waals surface area contributed by atoms with E-state index in [1.807, 2.05) is 30.3 Å². The van der Waals surface area contributed by atoms with Crippen LogP contribution in [0.25, 0.3) is 0 Å². The lowest BCUT2D eigenvalue weighted by Crippen LogP contribution is -2.30. The lowest BCUT2D eigenvalue weighted by atomic mass is 9.84. The summed E-state index contributed by atoms with van der Waals surface area (Å²) < 4.78 is 5.21. The molecule has 1 unspecified atom stereocenters. The Hall–Kier alpha value is -3.71. The number of anilines is 1. The molecule has 7 heteroatoms. The van der Waals surface area contributed by atoms with E-state index in [2.05, 4.69) is 5.32 Å². The first kappa shape index (κ1) is 21.5. The number of thioether (sulfide) groups is 1. The van der Waals surface area contributed by atoms with Crippen molar-refractivity contribution in [3.63, 3.8) is 0 Å². The van der Waals surface area contributed by atoms with Gasteiger partial charge >= 0.3 is 5.97 Å². The second kappa shape index (κ2) is 9.20. The Kier molecular flexibility index (Phi) is 6.18. The molecule has 0 aliphatic heterocycles. The Labute approximate surface area is 189 Å². The predicted octanol–water partition coefficient (Wildman–Crippen LogP) is 4.12. The van der Waals surface area contributed by atoms with E-state index in [9.17, 15) is 19.2 Å². The van der Waals surface area contributed by atoms with Gasteiger partial charge in [-0.25, -0.2) is 0 Å². The smallest absolute Gasteiger partial charge is 0.317 e. The molecule has 160 valence electrons. The minimum Gasteiger partial charge on any atom is -0.452 e. The van der Waals surface area contributed by atoms with Crippen molar-refractivity contribution in [2.45, 2.75) is 17.9 Å². The molecule has 3 aromatic rings. The molecule has 0 saturated carbocycles. The lowest BCUT2D eigenvalue weighted by molar-refractivity contribution is -0.150. The number of fused-ring (bicyclic) bond motifs is 2. The molecule has 3 aromatic carbocycles. The number of benzene rings is 3. The fourth-order valence-electron chi connectivity index (χ4n) is 3.36. The van der Waals surface area contributed by atoms with Crippen molar-refractivity contribution in [2.75, 3.05) is 11.1 Å². The Bertz CT molecular complexity index is 1220. The molecule has 6 nitrogen and oxygen atoms in total. The summed E-state index contributed by atoms with van der Waals surface area (Å²) in [5.41, 5.74) is 1.58. The molecule has 0 saturated heterocycles. The fourth-order valence-corrected chi connectivity index (χ4v) is 4.07. The molecule has 0 aromatic heterocycles. The SMILES string of the molecule is CC(OC(=O)CSc1ccccc1)C(=O)Nc1ccc2c(c1)C(=O)c1ccccc1C2=O. The second-order valence-corrected chi connectivity index (χ2v) is 8.24. The first-order valence-electron chi connectivity index (χ1n) is 9.94. The van der Waals surface area contributed by atoms with Crippen LogP contribution in [0.4, 0.5) is 5.69 Å². The van der Waals surface area contributed by atoms with Crippen LogP contribution in [0.2, 0.25) is 0 Å². The number of carbonyl (C=O) groups excluding carboxylic acids is 4. The van der Waals surface area contributed by atoms with E-state index in [1.54, 1.807) is 30.3 Å². The number of amides is 1. The molecule has 0 heterocycles. The molecule has 1 aliphatic rings. The van der Waals surface area contributed by atoms with Gasteiger partial charge in [-0.15, -0.1) is 11.8 Å². The molecule has 1 atom stereocenters. The molecule has 0 fully saturated rings. The highest BCUT2D eigenvalue weighted by Gasteiger charge is 2.29. The van der Waals surface area contributed by atoms with Crippen molar-refractivity contribution in [3.05, 3.63) is 95.1 Å². The summed E-state index contributed by atoms with van der Waals surface area (Å²) in [6.45, 7) is 1.48. The zero-order valence-corrected chi connectivity index (χ0v) is 18.0. The maximum Gasteiger partial charge on any atom is 0.317 e. The Morgan fingerprint density at radius 3 is 2.12 bits per heavy atom. The molecular weight excluding hydrogens is 426 g/mol. The molecule has 1 amide bonds. The van der Waals surface area contributed by atoms with Crippen molar-refractivity contribution in [2.24, 2.45) is 0 Å². The first-order valence-corrected chi connectivity index (χ1v) is 10.9. The van der Waals surface area contributed by atoms with Gasteiger partial charge < -0.3 is 10.1 Å². The third kappa shape index (κ3) is 4.48. The summed E-state index contributed by atoms with van der Waals surface area (Å²) in [7, 11) is 0. The van der Waals surface area contributed by atoms with E-state index >= 15 is 0 Å². The largest absolute Gasteiger partial charge is 0.452 e. The van der Waals surface area contributed by atoms with Crippen LogP contribution < -0.4 is 5.32 Å². The number of esters is 1. The third-order valence-electron chi connectivity index (χ3n) is 4.97. The van der Waals surface area contributed by atoms with Gasteiger partial charge in [0, 0.05) is 32.8 Å². The Morgan fingerprint density at radius 2 is 1.44 bits per heavy atom. The van der Waals surface area contributed by atoms with Gasteiger partial charge in [0.2, 0.25) is 0 Å². The Balaban J connectivity index is 1.40. The van der Waals surface area contributed by atoms with E-state index in [0.29, 0.717) is 22.4 Å². The summed E-state index contributed by atoms with van der Waals surface area (Å²) in [4.78, 5) is 51.0. The third-order valence-corrected chi connectivity index (χ3v) is 5.96. The zero-order chi connectivity index (χ0) is 22.7. The van der Waals surface area contributed by atoms with Crippen molar-refractivity contribution >= 4 is 40.9 Å². The number of carbonyl (C=O) groups is 4. The van der Waals surface area contributed by atoms with Crippen LogP contribution in [0.1, 0.15) is 38.8 Å². The van der Waals surface area contributed by atoms with Gasteiger partial charge in [-0.3, -0.25) is 19.2 Å². The van der Waals surface area contributed by atoms with E-state index in [0.717, 1.165) is 4.90 Å². The molecule has 0 spiro atoms. The minimum absolute atomic E-state index is 0.0799. The molecule has 1 aliphatic carbocycles. The summed E-state index contributed by atoms with van der Waals surface area (Å²) >= 11 is 1.32. The van der Waals surface area contributed by atoms with Crippen LogP contribution in [0.15, 0.2) is 77.7 Å². The average molecular weight is 445 g/mol. The Morgan fingerprint density at radius 1 is 0.844 bits per heavy atom. The average Bonchev–Trinajstić information content (AvgIpc) is 2.82. The van der Waals surface area contributed by atoms with Gasteiger partial charge in [0.15, 0.2) is 17.7 Å². The van der Waals surface area contributed by atoms with E-state index in [1.165, 1.54) is 30.8 Å². The second-order valence-electron chi connectivity index (χ2n) is 7.19. The van der Waals surface area contributed by atoms with Crippen LogP contribution in [-0.2, 0) is 14.3 Å². The number of hydrogen-bond acceptors (Lipinski definition) is 6. The quantitative estimate of drug-likeness (QED) is 0.355. The number of hydrogen-bond donors (Lipinski definition) is 1. The monoisotopic (exact) mass is 445 g/mol. The summed E-state index contributed by atoms with van der Waals surface area (Å²) in [5, 5.41) is 2.64. The summed E-state index contributed by atoms with van der Waals surface area (Å²) in [6.07, 6.45) is -1.02. The standard InChI is InChI=1S/C25H19NO5S/c1-15(31-22(27)14-32-17-7-3-2-4-8-17)25(30)26-16-11-12-20-21(13-16)24(29)19-10-6-5-9-18(19)23(20)28/h2-13,15H,14H2,1H3,(H,26,30). The maximum absolute atomic E-state index is 12.8. The van der Waals surface area contributed by atoms with Crippen molar-refractivity contribution in [1.29, 1.82) is 0 Å². The fraction of sp³-hybridized carbons (Fsp3) is 0.120. The van der Waals surface area contributed by atoms with Gasteiger partial charge in [-0.2, -0.15) is 0 Å². The minimum atomic E-state index is -1.02. The highest BCUT2D eigenvalue weighted by atomic mass is 32.2. The van der Waals surface area contributed by atoms with Gasteiger partial charge in [0.25, 0.3) is 5.91 Å². The number of ether oxygens (including phenoxy) is 1. The van der Waals surface area contributed by atoms with Crippen LogP contribution in [0.5, 0.6) is 0 Å². The molecule has 1 N–H and O–H groups in total. The van der Waals surface area contributed by atoms with Crippen molar-refractivity contribution < 1.29 is 23.9 Å². The summed E-state index contributed by atoms with van der Waals surface area (Å²) in [5.74, 6) is -1.46. The normalized spacial score (nSPS) is 13.0. The van der Waals surface area contributed by atoms with E-state index < -0.39 is 18.0 Å². The number of rotatable bonds is 6. The van der Waals surface area contributed by atoms with Crippen LogP contribution >= 0.6 is 11.8 Å². The lowest BCUT2D eigenvalue weighted by Gasteiger charge is -2.19. The highest BCUT2D eigenvalue weighted by molar-refractivity contribution is 8.00. The van der Waals surface area contributed by atoms with Gasteiger partial charge in [-0.05, 0) is 37.3 Å². The number of ketones is 2. The van der Waals surface area contributed by atoms with E-state index in [4.69, 9.17) is 4.74 Å². The summed E-state index contributed by atoms with van der Waals surface area (Å²) in [6, 6.07) is 20.6. The predicted molar refractivity (Wildman–Crippen MR) is 121 cm³/mol. The maximum atomic E-state index is 12.8. The molecule has 4 rings (SSSR count). The van der Waals surface area contributed by atoms with Gasteiger partial charge in [0.1, 0.15) is 0 Å². The first-order chi connectivity index (χ1) is 15.4. The van der Waals surface area contributed by atoms with Crippen molar-refractivity contribution in [3.8, 4) is 0 Å². The van der Waals surface area contributed by atoms with Crippen LogP contribution in [0, 0.1) is 0 Å². The topological polar surface area (TPSA) is 89.5 Å². The van der Waals surface area contributed by atoms with E-state index in [-0.39, 0.29) is 22.9 Å². The van der Waals surface area contributed by atoms with Crippen molar-refractivity contribution in [1.82, 2.24) is 0 Å². The molecule has 32 heavy (non-hydrogen) atoms. The number of nitrogens with one attached hydrogen (secondary N) is 1.